The molecule has 4 heterocycles. The summed E-state index contributed by atoms with van der Waals surface area (Å²) >= 11 is 0. The van der Waals surface area contributed by atoms with Gasteiger partial charge in [0.15, 0.2) is 0 Å². The van der Waals surface area contributed by atoms with Gasteiger partial charge in [0.05, 0.1) is 30.6 Å². The number of carbonyl (C=O) groups excluding carboxylic acids is 1. The van der Waals surface area contributed by atoms with Crippen LogP contribution in [0.1, 0.15) is 35.4 Å². The average molecular weight is 329 g/mol. The number of fused-ring (bicyclic) bond motifs is 3. The molecule has 0 aliphatic carbocycles. The first-order valence-electron chi connectivity index (χ1n) is 8.18. The lowest BCUT2D eigenvalue weighted by Crippen LogP contribution is -2.50. The average Bonchev–Trinajstić information content (AvgIpc) is 3.09. The third kappa shape index (κ3) is 2.43. The van der Waals surface area contributed by atoms with E-state index in [1.54, 1.807) is 27.9 Å². The minimum absolute atomic E-state index is 0.0232. The van der Waals surface area contributed by atoms with E-state index in [1.807, 2.05) is 11.6 Å². The largest absolute Gasteiger partial charge is 0.370 e. The molecule has 0 aromatic carbocycles. The van der Waals surface area contributed by atoms with Gasteiger partial charge in [-0.15, -0.1) is 5.10 Å². The molecule has 2 atom stereocenters. The Hall–Kier alpha value is -2.48. The second-order valence-electron chi connectivity index (χ2n) is 6.17. The Bertz CT molecular complexity index is 827. The molecule has 2 aliphatic heterocycles. The number of nitrogens with zero attached hydrogens (tertiary/aromatic N) is 5. The van der Waals surface area contributed by atoms with Crippen LogP contribution in [0.2, 0.25) is 0 Å². The highest BCUT2D eigenvalue weighted by Crippen LogP contribution is 2.30. The van der Waals surface area contributed by atoms with Gasteiger partial charge in [-0.3, -0.25) is 9.59 Å². The zero-order valence-corrected chi connectivity index (χ0v) is 13.5. The van der Waals surface area contributed by atoms with Crippen LogP contribution in [-0.4, -0.2) is 49.6 Å². The molecule has 2 aromatic rings. The summed E-state index contributed by atoms with van der Waals surface area (Å²) in [6.45, 7) is 4.12. The standard InChI is InChI=1S/C16H19N5O3/c1-2-19-5-3-11(7-15(19)22)16(23)20-6-4-14-13(9-20)21-12(10-24-14)8-17-18-21/h3,5,7-8,13-14H,2,4,6,9-10H2,1H3/t13-,14+/m1/s1. The first-order valence-corrected chi connectivity index (χ1v) is 8.18. The van der Waals surface area contributed by atoms with Gasteiger partial charge in [-0.25, -0.2) is 4.68 Å². The van der Waals surface area contributed by atoms with E-state index in [2.05, 4.69) is 10.3 Å². The molecule has 1 amide bonds. The lowest BCUT2D eigenvalue weighted by Gasteiger charge is -2.41. The molecule has 0 unspecified atom stereocenters. The van der Waals surface area contributed by atoms with Crippen LogP contribution in [0.3, 0.4) is 0 Å². The molecule has 0 N–H and O–H groups in total. The molecule has 126 valence electrons. The second kappa shape index (κ2) is 5.86. The van der Waals surface area contributed by atoms with Gasteiger partial charge in [-0.1, -0.05) is 5.21 Å². The fourth-order valence-electron chi connectivity index (χ4n) is 3.45. The first-order chi connectivity index (χ1) is 11.7. The maximum atomic E-state index is 12.8. The quantitative estimate of drug-likeness (QED) is 0.799. The van der Waals surface area contributed by atoms with Gasteiger partial charge < -0.3 is 14.2 Å². The number of hydrogen-bond donors (Lipinski definition) is 0. The molecule has 24 heavy (non-hydrogen) atoms. The number of likely N-dealkylation sites (tertiary alicyclic amines) is 1. The summed E-state index contributed by atoms with van der Waals surface area (Å²) in [5, 5.41) is 8.08. The van der Waals surface area contributed by atoms with Crippen LogP contribution in [0.5, 0.6) is 0 Å². The molecule has 2 aromatic heterocycles. The van der Waals surface area contributed by atoms with Crippen LogP contribution in [0, 0.1) is 0 Å². The van der Waals surface area contributed by atoms with Gasteiger partial charge in [0.2, 0.25) is 0 Å². The lowest BCUT2D eigenvalue weighted by molar-refractivity contribution is -0.0605. The Morgan fingerprint density at radius 2 is 2.33 bits per heavy atom. The number of aromatic nitrogens is 4. The normalized spacial score (nSPS) is 22.8. The maximum Gasteiger partial charge on any atom is 0.254 e. The van der Waals surface area contributed by atoms with Crippen molar-refractivity contribution in [2.45, 2.75) is 38.6 Å². The highest BCUT2D eigenvalue weighted by Gasteiger charge is 2.38. The molecule has 0 radical (unpaired) electrons. The minimum Gasteiger partial charge on any atom is -0.370 e. The zero-order chi connectivity index (χ0) is 16.7. The Labute approximate surface area is 138 Å². The maximum absolute atomic E-state index is 12.8. The zero-order valence-electron chi connectivity index (χ0n) is 13.5. The molecule has 8 nitrogen and oxygen atoms in total. The van der Waals surface area contributed by atoms with Crippen molar-refractivity contribution < 1.29 is 9.53 Å². The minimum atomic E-state index is -0.155. The van der Waals surface area contributed by atoms with E-state index in [0.29, 0.717) is 31.8 Å². The topological polar surface area (TPSA) is 82.2 Å². The summed E-state index contributed by atoms with van der Waals surface area (Å²) in [5.41, 5.74) is 1.20. The van der Waals surface area contributed by atoms with Crippen molar-refractivity contribution in [2.24, 2.45) is 0 Å². The summed E-state index contributed by atoms with van der Waals surface area (Å²) in [7, 11) is 0. The van der Waals surface area contributed by atoms with E-state index in [4.69, 9.17) is 4.74 Å². The molecule has 1 fully saturated rings. The highest BCUT2D eigenvalue weighted by molar-refractivity contribution is 5.94. The van der Waals surface area contributed by atoms with Crippen LogP contribution in [0.25, 0.3) is 0 Å². The molecule has 2 aliphatic rings. The van der Waals surface area contributed by atoms with Crippen molar-refractivity contribution in [2.75, 3.05) is 13.1 Å². The van der Waals surface area contributed by atoms with E-state index < -0.39 is 0 Å². The fraction of sp³-hybridized carbons (Fsp3) is 0.500. The Kier molecular flexibility index (Phi) is 3.68. The molecule has 1 saturated heterocycles. The molecule has 4 rings (SSSR count). The van der Waals surface area contributed by atoms with Gasteiger partial charge in [0.25, 0.3) is 11.5 Å². The summed E-state index contributed by atoms with van der Waals surface area (Å²) < 4.78 is 9.29. The van der Waals surface area contributed by atoms with Crippen LogP contribution in [0.15, 0.2) is 29.3 Å². The third-order valence-corrected chi connectivity index (χ3v) is 4.80. The Morgan fingerprint density at radius 3 is 3.12 bits per heavy atom. The molecule has 0 spiro atoms. The predicted octanol–water partition coefficient (Wildman–Crippen LogP) is 0.446. The monoisotopic (exact) mass is 329 g/mol. The summed E-state index contributed by atoms with van der Waals surface area (Å²) in [5.74, 6) is -0.124. The summed E-state index contributed by atoms with van der Waals surface area (Å²) in [6.07, 6.45) is 4.17. The van der Waals surface area contributed by atoms with Crippen LogP contribution in [0.4, 0.5) is 0 Å². The van der Waals surface area contributed by atoms with Crippen molar-refractivity contribution in [1.82, 2.24) is 24.5 Å². The number of rotatable bonds is 2. The van der Waals surface area contributed by atoms with Gasteiger partial charge in [0, 0.05) is 37.5 Å². The number of ether oxygens (including phenoxy) is 1. The smallest absolute Gasteiger partial charge is 0.254 e. The van der Waals surface area contributed by atoms with Crippen LogP contribution in [-0.2, 0) is 17.9 Å². The number of piperidine rings is 1. The van der Waals surface area contributed by atoms with Gasteiger partial charge in [-0.2, -0.15) is 0 Å². The van der Waals surface area contributed by atoms with Crippen molar-refractivity contribution in [3.63, 3.8) is 0 Å². The SMILES string of the molecule is CCn1ccc(C(=O)N2CC[C@@H]3OCc4cnnn4[C@@H]3C2)cc1=O. The van der Waals surface area contributed by atoms with E-state index in [0.717, 1.165) is 12.1 Å². The third-order valence-electron chi connectivity index (χ3n) is 4.80. The number of pyridine rings is 1. The number of amides is 1. The summed E-state index contributed by atoms with van der Waals surface area (Å²) in [4.78, 5) is 26.5. The van der Waals surface area contributed by atoms with E-state index in [-0.39, 0.29) is 23.6 Å². The number of aryl methyl sites for hydroxylation is 1. The molecular formula is C16H19N5O3. The lowest BCUT2D eigenvalue weighted by atomic mass is 9.99. The molecule has 0 saturated carbocycles. The Morgan fingerprint density at radius 1 is 1.46 bits per heavy atom. The molecule has 0 bridgehead atoms. The van der Waals surface area contributed by atoms with Crippen molar-refractivity contribution in [3.05, 3.63) is 46.1 Å². The second-order valence-corrected chi connectivity index (χ2v) is 6.17. The van der Waals surface area contributed by atoms with E-state index in [9.17, 15) is 9.59 Å². The number of carbonyl (C=O) groups is 1. The van der Waals surface area contributed by atoms with Crippen LogP contribution >= 0.6 is 0 Å². The van der Waals surface area contributed by atoms with Crippen molar-refractivity contribution >= 4 is 5.91 Å². The fourth-order valence-corrected chi connectivity index (χ4v) is 3.45. The molecular weight excluding hydrogens is 310 g/mol. The first kappa shape index (κ1) is 15.1. The van der Waals surface area contributed by atoms with Gasteiger partial charge in [0.1, 0.15) is 0 Å². The van der Waals surface area contributed by atoms with Crippen molar-refractivity contribution in [3.8, 4) is 0 Å². The predicted molar refractivity (Wildman–Crippen MR) is 84.5 cm³/mol. The van der Waals surface area contributed by atoms with Crippen LogP contribution < -0.4 is 5.56 Å². The highest BCUT2D eigenvalue weighted by atomic mass is 16.5. The molecule has 8 heteroatoms. The van der Waals surface area contributed by atoms with Crippen molar-refractivity contribution in [1.29, 1.82) is 0 Å². The number of hydrogen-bond acceptors (Lipinski definition) is 5. The van der Waals surface area contributed by atoms with Gasteiger partial charge >= 0.3 is 0 Å². The van der Waals surface area contributed by atoms with Gasteiger partial charge in [-0.05, 0) is 19.4 Å². The summed E-state index contributed by atoms with van der Waals surface area (Å²) in [6, 6.07) is 3.10. The Balaban J connectivity index is 1.57. The van der Waals surface area contributed by atoms with E-state index >= 15 is 0 Å². The van der Waals surface area contributed by atoms with E-state index in [1.165, 1.54) is 6.07 Å².